The molecule has 0 saturated carbocycles. The Labute approximate surface area is 157 Å². The molecule has 142 valence electrons. The summed E-state index contributed by atoms with van der Waals surface area (Å²) in [6.07, 6.45) is -2.99. The van der Waals surface area contributed by atoms with Crippen LogP contribution in [0.15, 0.2) is 47.6 Å². The lowest BCUT2D eigenvalue weighted by Gasteiger charge is -2.15. The number of halogens is 4. The molecule has 0 fully saturated rings. The van der Waals surface area contributed by atoms with E-state index >= 15 is 0 Å². The molecule has 0 saturated heterocycles. The molecule has 27 heavy (non-hydrogen) atoms. The molecular formula is C17H14ClF3N4O2. The summed E-state index contributed by atoms with van der Waals surface area (Å²) in [5.41, 5.74) is 2.56. The molecule has 0 unspecified atom stereocenters. The van der Waals surface area contributed by atoms with Gasteiger partial charge in [0, 0.05) is 17.4 Å². The predicted molar refractivity (Wildman–Crippen MR) is 96.0 cm³/mol. The molecule has 2 aromatic rings. The highest BCUT2D eigenvalue weighted by Crippen LogP contribution is 2.36. The Balaban J connectivity index is 1.60. The number of rotatable bonds is 5. The fourth-order valence-corrected chi connectivity index (χ4v) is 2.57. The molecule has 3 rings (SSSR count). The van der Waals surface area contributed by atoms with Crippen LogP contribution in [-0.4, -0.2) is 25.5 Å². The van der Waals surface area contributed by atoms with Crippen LogP contribution >= 0.6 is 11.6 Å². The number of alkyl halides is 3. The summed E-state index contributed by atoms with van der Waals surface area (Å²) in [5.74, 6) is -0.157. The Morgan fingerprint density at radius 3 is 2.81 bits per heavy atom. The summed E-state index contributed by atoms with van der Waals surface area (Å²) in [6.45, 7) is 0.155. The van der Waals surface area contributed by atoms with Crippen molar-refractivity contribution in [2.45, 2.75) is 6.18 Å². The maximum atomic E-state index is 12.9. The van der Waals surface area contributed by atoms with Gasteiger partial charge in [-0.25, -0.2) is 0 Å². The first-order chi connectivity index (χ1) is 12.8. The third-order valence-corrected chi connectivity index (χ3v) is 3.93. The predicted octanol–water partition coefficient (Wildman–Crippen LogP) is 3.69. The molecule has 2 aromatic carbocycles. The first-order valence-electron chi connectivity index (χ1n) is 7.75. The van der Waals surface area contributed by atoms with Gasteiger partial charge in [0.25, 0.3) is 5.91 Å². The van der Waals surface area contributed by atoms with Gasteiger partial charge in [0.2, 0.25) is 0 Å². The standard InChI is InChI=1S/C17H14ClF3N4O2/c18-15-5-4-11(6-14(15)17(19,20)21)24-16(26)8-27-13-3-1-2-12(7-13)25-9-22-23-10-25/h1-7,9,23H,8,10H2,(H,24,26). The lowest BCUT2D eigenvalue weighted by Crippen LogP contribution is -2.22. The highest BCUT2D eigenvalue weighted by molar-refractivity contribution is 6.31. The zero-order chi connectivity index (χ0) is 19.4. The molecule has 0 radical (unpaired) electrons. The minimum atomic E-state index is -4.61. The Morgan fingerprint density at radius 2 is 2.11 bits per heavy atom. The maximum Gasteiger partial charge on any atom is 0.417 e. The van der Waals surface area contributed by atoms with Crippen molar-refractivity contribution in [3.63, 3.8) is 0 Å². The van der Waals surface area contributed by atoms with Gasteiger partial charge in [0.15, 0.2) is 6.61 Å². The average molecular weight is 399 g/mol. The van der Waals surface area contributed by atoms with Crippen molar-refractivity contribution in [3.05, 3.63) is 53.1 Å². The fraction of sp³-hybridized carbons (Fsp3) is 0.176. The molecule has 0 spiro atoms. The van der Waals surface area contributed by atoms with Crippen LogP contribution in [0.5, 0.6) is 5.75 Å². The van der Waals surface area contributed by atoms with Crippen molar-refractivity contribution >= 4 is 35.2 Å². The third-order valence-electron chi connectivity index (χ3n) is 3.60. The van der Waals surface area contributed by atoms with Crippen molar-refractivity contribution in [2.75, 3.05) is 23.5 Å². The number of carbonyl (C=O) groups excluding carboxylic acids is 1. The second-order valence-corrected chi connectivity index (χ2v) is 5.96. The SMILES string of the molecule is O=C(COc1cccc(N2C=NNC2)c1)Nc1ccc(Cl)c(C(F)(F)F)c1. The molecule has 10 heteroatoms. The van der Waals surface area contributed by atoms with Crippen LogP contribution < -0.4 is 20.4 Å². The topological polar surface area (TPSA) is 66.0 Å². The molecule has 6 nitrogen and oxygen atoms in total. The van der Waals surface area contributed by atoms with E-state index in [-0.39, 0.29) is 12.3 Å². The zero-order valence-electron chi connectivity index (χ0n) is 13.8. The summed E-state index contributed by atoms with van der Waals surface area (Å²) in [4.78, 5) is 13.8. The quantitative estimate of drug-likeness (QED) is 0.806. The highest BCUT2D eigenvalue weighted by atomic mass is 35.5. The number of nitrogens with one attached hydrogen (secondary N) is 2. The number of hydrogen-bond donors (Lipinski definition) is 2. The number of benzene rings is 2. The van der Waals surface area contributed by atoms with Crippen LogP contribution in [0.25, 0.3) is 0 Å². The number of carbonyl (C=O) groups is 1. The van der Waals surface area contributed by atoms with Crippen molar-refractivity contribution < 1.29 is 22.7 Å². The van der Waals surface area contributed by atoms with Gasteiger partial charge in [0.1, 0.15) is 18.8 Å². The van der Waals surface area contributed by atoms with Gasteiger partial charge in [-0.05, 0) is 30.3 Å². The largest absolute Gasteiger partial charge is 0.484 e. The van der Waals surface area contributed by atoms with Crippen LogP contribution in [0.4, 0.5) is 24.5 Å². The van der Waals surface area contributed by atoms with Gasteiger partial charge >= 0.3 is 6.18 Å². The monoisotopic (exact) mass is 398 g/mol. The Hall–Kier alpha value is -2.94. The lowest BCUT2D eigenvalue weighted by atomic mass is 10.2. The molecule has 0 bridgehead atoms. The Bertz CT molecular complexity index is 873. The second-order valence-electron chi connectivity index (χ2n) is 5.56. The van der Waals surface area contributed by atoms with Gasteiger partial charge in [0.05, 0.1) is 10.6 Å². The number of amides is 1. The zero-order valence-corrected chi connectivity index (χ0v) is 14.5. The molecule has 0 atom stereocenters. The smallest absolute Gasteiger partial charge is 0.417 e. The van der Waals surface area contributed by atoms with Crippen molar-refractivity contribution in [1.29, 1.82) is 0 Å². The van der Waals surface area contributed by atoms with Crippen LogP contribution in [0.1, 0.15) is 5.56 Å². The number of nitrogens with zero attached hydrogens (tertiary/aromatic N) is 2. The van der Waals surface area contributed by atoms with E-state index in [0.717, 1.165) is 17.8 Å². The molecule has 1 amide bonds. The first-order valence-corrected chi connectivity index (χ1v) is 8.13. The normalized spacial score (nSPS) is 13.4. The van der Waals surface area contributed by atoms with E-state index < -0.39 is 22.7 Å². The van der Waals surface area contributed by atoms with Crippen molar-refractivity contribution in [1.82, 2.24) is 5.43 Å². The summed E-state index contributed by atoms with van der Waals surface area (Å²) < 4.78 is 44.0. The van der Waals surface area contributed by atoms with E-state index in [9.17, 15) is 18.0 Å². The molecular weight excluding hydrogens is 385 g/mol. The van der Waals surface area contributed by atoms with Crippen molar-refractivity contribution in [3.8, 4) is 5.75 Å². The lowest BCUT2D eigenvalue weighted by molar-refractivity contribution is -0.137. The van der Waals surface area contributed by atoms with Crippen LogP contribution in [0, 0.1) is 0 Å². The van der Waals surface area contributed by atoms with E-state index in [4.69, 9.17) is 16.3 Å². The molecule has 0 aliphatic carbocycles. The summed E-state index contributed by atoms with van der Waals surface area (Å²) >= 11 is 5.55. The molecule has 1 aliphatic heterocycles. The second kappa shape index (κ2) is 7.75. The van der Waals surface area contributed by atoms with Gasteiger partial charge in [-0.2, -0.15) is 18.3 Å². The Kier molecular flexibility index (Phi) is 5.41. The average Bonchev–Trinajstić information content (AvgIpc) is 3.16. The summed E-state index contributed by atoms with van der Waals surface area (Å²) in [7, 11) is 0. The molecule has 0 aromatic heterocycles. The van der Waals surface area contributed by atoms with E-state index in [0.29, 0.717) is 12.4 Å². The van der Waals surface area contributed by atoms with Crippen LogP contribution in [0.3, 0.4) is 0 Å². The minimum absolute atomic E-state index is 0.0200. The molecule has 1 aliphatic rings. The molecule has 1 heterocycles. The van der Waals surface area contributed by atoms with E-state index in [2.05, 4.69) is 15.8 Å². The number of ether oxygens (including phenoxy) is 1. The highest BCUT2D eigenvalue weighted by Gasteiger charge is 2.33. The maximum absolute atomic E-state index is 12.9. The third kappa shape index (κ3) is 4.82. The summed E-state index contributed by atoms with van der Waals surface area (Å²) in [5, 5.41) is 5.80. The fourth-order valence-electron chi connectivity index (χ4n) is 2.34. The minimum Gasteiger partial charge on any atom is -0.484 e. The van der Waals surface area contributed by atoms with Crippen LogP contribution in [-0.2, 0) is 11.0 Å². The van der Waals surface area contributed by atoms with E-state index in [1.807, 2.05) is 11.0 Å². The number of hydrogen-bond acceptors (Lipinski definition) is 5. The number of anilines is 2. The van der Waals surface area contributed by atoms with Crippen molar-refractivity contribution in [2.24, 2.45) is 5.10 Å². The van der Waals surface area contributed by atoms with E-state index in [1.54, 1.807) is 24.5 Å². The first kappa shape index (κ1) is 18.8. The van der Waals surface area contributed by atoms with Gasteiger partial charge < -0.3 is 15.0 Å². The van der Waals surface area contributed by atoms with Gasteiger partial charge in [-0.15, -0.1) is 0 Å². The Morgan fingerprint density at radius 1 is 1.30 bits per heavy atom. The van der Waals surface area contributed by atoms with Gasteiger partial charge in [-0.1, -0.05) is 17.7 Å². The molecule has 2 N–H and O–H groups in total. The van der Waals surface area contributed by atoms with Gasteiger partial charge in [-0.3, -0.25) is 10.2 Å². The summed E-state index contributed by atoms with van der Waals surface area (Å²) in [6, 6.07) is 10.1. The number of hydrazone groups is 1. The van der Waals surface area contributed by atoms with E-state index in [1.165, 1.54) is 6.07 Å². The van der Waals surface area contributed by atoms with Crippen LogP contribution in [0.2, 0.25) is 5.02 Å².